The molecule has 3 saturated heterocycles. The van der Waals surface area contributed by atoms with Gasteiger partial charge in [0.1, 0.15) is 17.5 Å². The molecule has 0 spiro atoms. The van der Waals surface area contributed by atoms with E-state index in [-0.39, 0.29) is 31.1 Å². The van der Waals surface area contributed by atoms with Crippen LogP contribution in [0.2, 0.25) is 0 Å². The van der Waals surface area contributed by atoms with Gasteiger partial charge in [-0.1, -0.05) is 0 Å². The summed E-state index contributed by atoms with van der Waals surface area (Å²) in [4.78, 5) is 43.2. The number of benzene rings is 1. The van der Waals surface area contributed by atoms with Crippen LogP contribution in [0.4, 0.5) is 25.4 Å². The van der Waals surface area contributed by atoms with E-state index in [1.807, 2.05) is 25.7 Å². The molecule has 1 aromatic carbocycles. The van der Waals surface area contributed by atoms with Gasteiger partial charge in [-0.05, 0) is 45.4 Å². The lowest BCUT2D eigenvalue weighted by Gasteiger charge is -2.39. The quantitative estimate of drug-likeness (QED) is 0.657. The molecule has 10 nitrogen and oxygen atoms in total. The molecule has 0 radical (unpaired) electrons. The topological polar surface area (TPSA) is 94.7 Å². The zero-order chi connectivity index (χ0) is 26.0. The Hall–Kier alpha value is -3.08. The van der Waals surface area contributed by atoms with Gasteiger partial charge in [0.2, 0.25) is 5.91 Å². The largest absolute Gasteiger partial charge is 0.444 e. The Morgan fingerprint density at radius 1 is 1.14 bits per heavy atom. The highest BCUT2D eigenvalue weighted by atomic mass is 19.1. The van der Waals surface area contributed by atoms with Gasteiger partial charge in [0, 0.05) is 52.2 Å². The highest BCUT2D eigenvalue weighted by molar-refractivity contribution is 5.90. The molecule has 2 atom stereocenters. The van der Waals surface area contributed by atoms with Crippen LogP contribution >= 0.6 is 0 Å². The van der Waals surface area contributed by atoms with Crippen LogP contribution in [0.5, 0.6) is 0 Å². The van der Waals surface area contributed by atoms with Gasteiger partial charge in [0.15, 0.2) is 0 Å². The molecule has 198 valence electrons. The Labute approximate surface area is 211 Å². The summed E-state index contributed by atoms with van der Waals surface area (Å²) < 4.78 is 25.9. The van der Waals surface area contributed by atoms with Crippen molar-refractivity contribution in [2.45, 2.75) is 51.9 Å². The number of anilines is 2. The Bertz CT molecular complexity index is 992. The van der Waals surface area contributed by atoms with Crippen LogP contribution in [0.25, 0.3) is 0 Å². The summed E-state index contributed by atoms with van der Waals surface area (Å²) in [5.41, 5.74) is 0.421. The molecule has 3 heterocycles. The summed E-state index contributed by atoms with van der Waals surface area (Å²) in [6.45, 7) is 11.7. The molecule has 0 bridgehead atoms. The van der Waals surface area contributed by atoms with E-state index in [4.69, 9.17) is 9.47 Å². The monoisotopic (exact) mass is 505 g/mol. The second-order valence-corrected chi connectivity index (χ2v) is 10.6. The first-order valence-corrected chi connectivity index (χ1v) is 12.5. The van der Waals surface area contributed by atoms with Gasteiger partial charge in [-0.25, -0.2) is 14.0 Å². The summed E-state index contributed by atoms with van der Waals surface area (Å²) in [5, 5.41) is 2.63. The minimum Gasteiger partial charge on any atom is -0.444 e. The van der Waals surface area contributed by atoms with Crippen molar-refractivity contribution in [3.05, 3.63) is 24.0 Å². The summed E-state index contributed by atoms with van der Waals surface area (Å²) in [6.07, 6.45) is -0.395. The summed E-state index contributed by atoms with van der Waals surface area (Å²) in [5.74, 6) is -0.593. The molecule has 1 N–H and O–H groups in total. The van der Waals surface area contributed by atoms with E-state index >= 15 is 4.39 Å². The van der Waals surface area contributed by atoms with Crippen molar-refractivity contribution in [2.24, 2.45) is 0 Å². The normalized spacial score (nSPS) is 23.1. The van der Waals surface area contributed by atoms with E-state index in [9.17, 15) is 14.4 Å². The molecule has 0 saturated carbocycles. The lowest BCUT2D eigenvalue weighted by molar-refractivity contribution is -0.119. The van der Waals surface area contributed by atoms with Crippen LogP contribution in [0.1, 0.15) is 34.1 Å². The molecule has 3 amide bonds. The van der Waals surface area contributed by atoms with Crippen molar-refractivity contribution in [2.75, 3.05) is 62.2 Å². The number of hydrogen-bond donors (Lipinski definition) is 1. The molecule has 0 unspecified atom stereocenters. The molecular formula is C25H36FN5O5. The van der Waals surface area contributed by atoms with Crippen LogP contribution in [0.15, 0.2) is 18.2 Å². The minimum absolute atomic E-state index is 0.201. The highest BCUT2D eigenvalue weighted by Gasteiger charge is 2.35. The number of halogens is 1. The van der Waals surface area contributed by atoms with Gasteiger partial charge in [0.25, 0.3) is 0 Å². The smallest absolute Gasteiger partial charge is 0.414 e. The third-order valence-corrected chi connectivity index (χ3v) is 6.68. The highest BCUT2D eigenvalue weighted by Crippen LogP contribution is 2.29. The Balaban J connectivity index is 1.30. The van der Waals surface area contributed by atoms with E-state index in [2.05, 4.69) is 10.2 Å². The van der Waals surface area contributed by atoms with Crippen molar-refractivity contribution in [1.29, 1.82) is 0 Å². The molecule has 4 rings (SSSR count). The van der Waals surface area contributed by atoms with Crippen LogP contribution < -0.4 is 15.1 Å². The predicted molar refractivity (Wildman–Crippen MR) is 133 cm³/mol. The number of piperazine rings is 1. The van der Waals surface area contributed by atoms with Crippen molar-refractivity contribution < 1.29 is 28.2 Å². The lowest BCUT2D eigenvalue weighted by atomic mass is 10.1. The maximum atomic E-state index is 15.1. The third kappa shape index (κ3) is 6.18. The number of rotatable bonds is 5. The lowest BCUT2D eigenvalue weighted by Crippen LogP contribution is -2.51. The van der Waals surface area contributed by atoms with E-state index < -0.39 is 23.6 Å². The number of carbonyl (C=O) groups is 3. The second kappa shape index (κ2) is 10.5. The Morgan fingerprint density at radius 2 is 1.86 bits per heavy atom. The fourth-order valence-electron chi connectivity index (χ4n) is 4.88. The SMILES string of the molecule is CC(=O)NC[C@H]1CN(c2ccc(N3CCN([C@@H]4CCN(C(=O)OC(C)(C)C)C4)CC3)c(F)c2)C(=O)O1. The number of nitrogens with one attached hydrogen (secondary N) is 1. The molecule has 11 heteroatoms. The van der Waals surface area contributed by atoms with E-state index in [1.165, 1.54) is 17.9 Å². The van der Waals surface area contributed by atoms with Gasteiger partial charge in [-0.15, -0.1) is 0 Å². The zero-order valence-corrected chi connectivity index (χ0v) is 21.5. The van der Waals surface area contributed by atoms with Crippen LogP contribution in [0.3, 0.4) is 0 Å². The van der Waals surface area contributed by atoms with Crippen LogP contribution in [-0.4, -0.2) is 98.0 Å². The molecule has 3 aliphatic heterocycles. The molecule has 0 aromatic heterocycles. The number of nitrogens with zero attached hydrogens (tertiary/aromatic N) is 4. The summed E-state index contributed by atoms with van der Waals surface area (Å²) in [6, 6.07) is 5.06. The number of hydrogen-bond acceptors (Lipinski definition) is 7. The van der Waals surface area contributed by atoms with E-state index in [1.54, 1.807) is 17.0 Å². The summed E-state index contributed by atoms with van der Waals surface area (Å²) in [7, 11) is 0. The van der Waals surface area contributed by atoms with Gasteiger partial charge >= 0.3 is 12.2 Å². The molecule has 36 heavy (non-hydrogen) atoms. The zero-order valence-electron chi connectivity index (χ0n) is 21.5. The van der Waals surface area contributed by atoms with Crippen molar-refractivity contribution in [3.63, 3.8) is 0 Å². The van der Waals surface area contributed by atoms with E-state index in [0.29, 0.717) is 37.6 Å². The summed E-state index contributed by atoms with van der Waals surface area (Å²) >= 11 is 0. The van der Waals surface area contributed by atoms with Gasteiger partial charge in [-0.2, -0.15) is 0 Å². The first kappa shape index (κ1) is 26.0. The van der Waals surface area contributed by atoms with Gasteiger partial charge in [0.05, 0.1) is 24.5 Å². The average molecular weight is 506 g/mol. The minimum atomic E-state index is -0.553. The van der Waals surface area contributed by atoms with E-state index in [0.717, 1.165) is 19.5 Å². The fourth-order valence-corrected chi connectivity index (χ4v) is 4.88. The maximum absolute atomic E-state index is 15.1. The molecular weight excluding hydrogens is 469 g/mol. The standard InChI is InChI=1S/C25H36FN5O5/c1-17(32)27-14-20-16-31(24(34)35-20)18-5-6-22(21(26)13-18)29-11-9-28(10-12-29)19-7-8-30(15-19)23(33)36-25(2,3)4/h5-6,13,19-20H,7-12,14-16H2,1-4H3,(H,27,32)/t19-,20+/m1/s1. The number of ether oxygens (including phenoxy) is 2. The first-order chi connectivity index (χ1) is 17.0. The van der Waals surface area contributed by atoms with Crippen molar-refractivity contribution >= 4 is 29.5 Å². The number of carbonyl (C=O) groups excluding carboxylic acids is 3. The van der Waals surface area contributed by atoms with Gasteiger partial charge in [-0.3, -0.25) is 14.6 Å². The predicted octanol–water partition coefficient (Wildman–Crippen LogP) is 2.42. The molecule has 1 aromatic rings. The van der Waals surface area contributed by atoms with Crippen molar-refractivity contribution in [3.8, 4) is 0 Å². The third-order valence-electron chi connectivity index (χ3n) is 6.68. The maximum Gasteiger partial charge on any atom is 0.414 e. The fraction of sp³-hybridized carbons (Fsp3) is 0.640. The van der Waals surface area contributed by atoms with Gasteiger partial charge < -0.3 is 24.6 Å². The van der Waals surface area contributed by atoms with Crippen LogP contribution in [-0.2, 0) is 14.3 Å². The average Bonchev–Trinajstić information content (AvgIpc) is 3.44. The Morgan fingerprint density at radius 3 is 2.50 bits per heavy atom. The number of likely N-dealkylation sites (tertiary alicyclic amines) is 1. The number of cyclic esters (lactones) is 1. The first-order valence-electron chi connectivity index (χ1n) is 12.5. The van der Waals surface area contributed by atoms with Crippen LogP contribution in [0, 0.1) is 5.82 Å². The number of amides is 3. The second-order valence-electron chi connectivity index (χ2n) is 10.6. The molecule has 3 fully saturated rings. The van der Waals surface area contributed by atoms with Crippen molar-refractivity contribution in [1.82, 2.24) is 15.1 Å². The molecule has 3 aliphatic rings. The molecule has 0 aliphatic carbocycles. The Kier molecular flexibility index (Phi) is 7.58.